The third-order valence-electron chi connectivity index (χ3n) is 4.25. The van der Waals surface area contributed by atoms with Crippen LogP contribution in [0.15, 0.2) is 60.7 Å². The van der Waals surface area contributed by atoms with E-state index in [1.807, 2.05) is 36.4 Å². The normalized spacial score (nSPS) is 13.7. The first-order valence-corrected chi connectivity index (χ1v) is 7.29. The summed E-state index contributed by atoms with van der Waals surface area (Å²) in [7, 11) is 0. The van der Waals surface area contributed by atoms with Crippen molar-refractivity contribution in [1.29, 1.82) is 0 Å². The molecule has 0 amide bonds. The fraction of sp³-hybridized carbons (Fsp3) is 0.316. The van der Waals surface area contributed by atoms with Gasteiger partial charge in [0.15, 0.2) is 5.78 Å². The predicted octanol–water partition coefficient (Wildman–Crippen LogP) is 5.02. The lowest BCUT2D eigenvalue weighted by atomic mass is 9.76. The molecular formula is C19H22O. The van der Waals surface area contributed by atoms with Crippen LogP contribution in [-0.4, -0.2) is 5.78 Å². The molecule has 0 saturated carbocycles. The topological polar surface area (TPSA) is 17.1 Å². The van der Waals surface area contributed by atoms with Crippen LogP contribution in [0.3, 0.4) is 0 Å². The zero-order chi connectivity index (χ0) is 14.4. The van der Waals surface area contributed by atoms with E-state index in [4.69, 9.17) is 0 Å². The van der Waals surface area contributed by atoms with Crippen LogP contribution in [0.2, 0.25) is 0 Å². The number of benzene rings is 2. The van der Waals surface area contributed by atoms with Gasteiger partial charge in [-0.1, -0.05) is 74.5 Å². The summed E-state index contributed by atoms with van der Waals surface area (Å²) in [6, 6.07) is 20.1. The maximum atomic E-state index is 12.2. The van der Waals surface area contributed by atoms with Gasteiger partial charge in [0.1, 0.15) is 0 Å². The molecule has 0 spiro atoms. The maximum absolute atomic E-state index is 12.2. The number of carbonyl (C=O) groups excluding carboxylic acids is 1. The van der Waals surface area contributed by atoms with Crippen LogP contribution in [0.1, 0.15) is 49.0 Å². The van der Waals surface area contributed by atoms with E-state index in [9.17, 15) is 4.79 Å². The second kappa shape index (κ2) is 6.51. The molecule has 2 aromatic rings. The molecule has 0 aromatic heterocycles. The average Bonchev–Trinajstić information content (AvgIpc) is 2.54. The summed E-state index contributed by atoms with van der Waals surface area (Å²) in [5, 5.41) is 0. The van der Waals surface area contributed by atoms with E-state index in [1.165, 1.54) is 5.56 Å². The molecule has 20 heavy (non-hydrogen) atoms. The number of hydrogen-bond donors (Lipinski definition) is 0. The van der Waals surface area contributed by atoms with Crippen LogP contribution in [0, 0.1) is 0 Å². The van der Waals surface area contributed by atoms with Crippen LogP contribution in [0.25, 0.3) is 0 Å². The Morgan fingerprint density at radius 1 is 0.950 bits per heavy atom. The van der Waals surface area contributed by atoms with Crippen molar-refractivity contribution in [2.24, 2.45) is 0 Å². The van der Waals surface area contributed by atoms with E-state index in [1.54, 1.807) is 0 Å². The standard InChI is InChI=1S/C19H22O/c1-3-19(2,17-12-8-5-9-13-17)15-14-18(20)16-10-6-4-7-11-16/h4-13H,3,14-15H2,1-2H3/t19-/m0/s1. The van der Waals surface area contributed by atoms with Gasteiger partial charge in [-0.15, -0.1) is 0 Å². The molecule has 0 aliphatic rings. The molecular weight excluding hydrogens is 244 g/mol. The number of ketones is 1. The number of hydrogen-bond acceptors (Lipinski definition) is 1. The highest BCUT2D eigenvalue weighted by Gasteiger charge is 2.25. The van der Waals surface area contributed by atoms with Crippen molar-refractivity contribution >= 4 is 5.78 Å². The number of rotatable bonds is 6. The van der Waals surface area contributed by atoms with Crippen molar-refractivity contribution in [3.05, 3.63) is 71.8 Å². The smallest absolute Gasteiger partial charge is 0.162 e. The molecule has 0 N–H and O–H groups in total. The highest BCUT2D eigenvalue weighted by molar-refractivity contribution is 5.96. The van der Waals surface area contributed by atoms with Crippen molar-refractivity contribution in [3.8, 4) is 0 Å². The van der Waals surface area contributed by atoms with Gasteiger partial charge in [-0.2, -0.15) is 0 Å². The summed E-state index contributed by atoms with van der Waals surface area (Å²) in [6.45, 7) is 4.45. The Hall–Kier alpha value is -1.89. The summed E-state index contributed by atoms with van der Waals surface area (Å²) in [5.74, 6) is 0.237. The lowest BCUT2D eigenvalue weighted by molar-refractivity contribution is 0.0970. The minimum atomic E-state index is 0.0751. The largest absolute Gasteiger partial charge is 0.294 e. The van der Waals surface area contributed by atoms with Gasteiger partial charge < -0.3 is 0 Å². The second-order valence-corrected chi connectivity index (χ2v) is 5.57. The van der Waals surface area contributed by atoms with E-state index in [2.05, 4.69) is 38.1 Å². The predicted molar refractivity (Wildman–Crippen MR) is 84.1 cm³/mol. The third kappa shape index (κ3) is 3.36. The van der Waals surface area contributed by atoms with Gasteiger partial charge in [0, 0.05) is 12.0 Å². The van der Waals surface area contributed by atoms with Gasteiger partial charge >= 0.3 is 0 Å². The van der Waals surface area contributed by atoms with Gasteiger partial charge in [0.25, 0.3) is 0 Å². The van der Waals surface area contributed by atoms with E-state index >= 15 is 0 Å². The highest BCUT2D eigenvalue weighted by atomic mass is 16.1. The maximum Gasteiger partial charge on any atom is 0.162 e. The summed E-state index contributed by atoms with van der Waals surface area (Å²) >= 11 is 0. The van der Waals surface area contributed by atoms with Crippen molar-refractivity contribution in [2.45, 2.75) is 38.5 Å². The minimum Gasteiger partial charge on any atom is -0.294 e. The molecule has 1 atom stereocenters. The Balaban J connectivity index is 2.06. The Morgan fingerprint density at radius 2 is 1.50 bits per heavy atom. The molecule has 0 unspecified atom stereocenters. The van der Waals surface area contributed by atoms with Crippen LogP contribution in [-0.2, 0) is 5.41 Å². The van der Waals surface area contributed by atoms with Crippen molar-refractivity contribution < 1.29 is 4.79 Å². The van der Waals surface area contributed by atoms with E-state index in [-0.39, 0.29) is 11.2 Å². The Kier molecular flexibility index (Phi) is 4.73. The van der Waals surface area contributed by atoms with Crippen molar-refractivity contribution in [1.82, 2.24) is 0 Å². The molecule has 2 rings (SSSR count). The van der Waals surface area contributed by atoms with Gasteiger partial charge in [0.2, 0.25) is 0 Å². The minimum absolute atomic E-state index is 0.0751. The SMILES string of the molecule is CC[C@@](C)(CCC(=O)c1ccccc1)c1ccccc1. The first kappa shape index (κ1) is 14.5. The average molecular weight is 266 g/mol. The Bertz CT molecular complexity index is 544. The highest BCUT2D eigenvalue weighted by Crippen LogP contribution is 2.32. The summed E-state index contributed by atoms with van der Waals surface area (Å²) in [5.41, 5.74) is 2.22. The molecule has 0 saturated heterocycles. The van der Waals surface area contributed by atoms with Crippen molar-refractivity contribution in [2.75, 3.05) is 0 Å². The lowest BCUT2D eigenvalue weighted by Crippen LogP contribution is -2.22. The van der Waals surface area contributed by atoms with Crippen molar-refractivity contribution in [3.63, 3.8) is 0 Å². The molecule has 0 heterocycles. The molecule has 104 valence electrons. The number of carbonyl (C=O) groups is 1. The molecule has 0 bridgehead atoms. The zero-order valence-electron chi connectivity index (χ0n) is 12.3. The Labute approximate surface area is 121 Å². The fourth-order valence-electron chi connectivity index (χ4n) is 2.52. The fourth-order valence-corrected chi connectivity index (χ4v) is 2.52. The van der Waals surface area contributed by atoms with Gasteiger partial charge in [-0.05, 0) is 23.8 Å². The molecule has 0 radical (unpaired) electrons. The molecule has 0 aliphatic carbocycles. The van der Waals surface area contributed by atoms with Crippen LogP contribution in [0.4, 0.5) is 0 Å². The quantitative estimate of drug-likeness (QED) is 0.671. The third-order valence-corrected chi connectivity index (χ3v) is 4.25. The first-order chi connectivity index (χ1) is 9.65. The summed E-state index contributed by atoms with van der Waals surface area (Å²) in [4.78, 5) is 12.2. The molecule has 1 nitrogen and oxygen atoms in total. The molecule has 1 heteroatoms. The first-order valence-electron chi connectivity index (χ1n) is 7.29. The van der Waals surface area contributed by atoms with Crippen LogP contribution >= 0.6 is 0 Å². The van der Waals surface area contributed by atoms with Crippen LogP contribution < -0.4 is 0 Å². The Morgan fingerprint density at radius 3 is 2.05 bits per heavy atom. The lowest BCUT2D eigenvalue weighted by Gasteiger charge is -2.28. The summed E-state index contributed by atoms with van der Waals surface area (Å²) in [6.07, 6.45) is 2.53. The second-order valence-electron chi connectivity index (χ2n) is 5.57. The van der Waals surface area contributed by atoms with Gasteiger partial charge in [-0.3, -0.25) is 4.79 Å². The zero-order valence-corrected chi connectivity index (χ0v) is 12.3. The molecule has 0 aliphatic heterocycles. The molecule has 0 fully saturated rings. The van der Waals surface area contributed by atoms with E-state index in [0.717, 1.165) is 18.4 Å². The molecule has 2 aromatic carbocycles. The van der Waals surface area contributed by atoms with Gasteiger partial charge in [0.05, 0.1) is 0 Å². The summed E-state index contributed by atoms with van der Waals surface area (Å²) < 4.78 is 0. The van der Waals surface area contributed by atoms with E-state index in [0.29, 0.717) is 6.42 Å². The van der Waals surface area contributed by atoms with Crippen LogP contribution in [0.5, 0.6) is 0 Å². The monoisotopic (exact) mass is 266 g/mol. The van der Waals surface area contributed by atoms with E-state index < -0.39 is 0 Å². The van der Waals surface area contributed by atoms with Gasteiger partial charge in [-0.25, -0.2) is 0 Å². The number of Topliss-reactive ketones (excluding diaryl/α,β-unsaturated/α-hetero) is 1.